The maximum absolute atomic E-state index is 12.5. The number of hydrogen-bond acceptors (Lipinski definition) is 3. The number of carbonyl (C=O) groups excluding carboxylic acids is 2. The Kier molecular flexibility index (Phi) is 4.44. The quantitative estimate of drug-likeness (QED) is 0.813. The fraction of sp³-hybridized carbons (Fsp3) is 0.474. The number of benzene rings is 1. The lowest BCUT2D eigenvalue weighted by molar-refractivity contribution is -0.116. The fourth-order valence-electron chi connectivity index (χ4n) is 3.88. The zero-order valence-corrected chi connectivity index (χ0v) is 14.3. The number of nitrogens with zero attached hydrogens (tertiary/aromatic N) is 2. The van der Waals surface area contributed by atoms with Gasteiger partial charge in [-0.3, -0.25) is 9.69 Å². The van der Waals surface area contributed by atoms with Gasteiger partial charge in [0.05, 0.1) is 0 Å². The van der Waals surface area contributed by atoms with Gasteiger partial charge in [0.15, 0.2) is 0 Å². The topological polar surface area (TPSA) is 64.7 Å². The highest BCUT2D eigenvalue weighted by molar-refractivity contribution is 5.96. The first-order valence-electron chi connectivity index (χ1n) is 9.07. The largest absolute Gasteiger partial charge is 0.326 e. The number of likely N-dealkylation sites (tertiary alicyclic amines) is 1. The van der Waals surface area contributed by atoms with E-state index in [2.05, 4.69) is 27.7 Å². The number of urea groups is 1. The molecule has 1 aromatic carbocycles. The van der Waals surface area contributed by atoms with Crippen molar-refractivity contribution < 1.29 is 9.59 Å². The summed E-state index contributed by atoms with van der Waals surface area (Å²) in [6.45, 7) is 3.65. The van der Waals surface area contributed by atoms with Crippen molar-refractivity contribution in [2.24, 2.45) is 0 Å². The highest BCUT2D eigenvalue weighted by atomic mass is 16.2. The second-order valence-electron chi connectivity index (χ2n) is 6.99. The maximum atomic E-state index is 12.5. The van der Waals surface area contributed by atoms with Gasteiger partial charge in [-0.15, -0.1) is 0 Å². The lowest BCUT2D eigenvalue weighted by Crippen LogP contribution is -2.47. The van der Waals surface area contributed by atoms with Gasteiger partial charge in [-0.2, -0.15) is 0 Å². The molecule has 6 nitrogen and oxygen atoms in total. The third-order valence-electron chi connectivity index (χ3n) is 5.37. The molecule has 3 aliphatic heterocycles. The van der Waals surface area contributed by atoms with Crippen molar-refractivity contribution in [3.8, 4) is 0 Å². The van der Waals surface area contributed by atoms with Crippen LogP contribution in [0.4, 0.5) is 16.2 Å². The van der Waals surface area contributed by atoms with E-state index in [0.717, 1.165) is 62.4 Å². The molecule has 3 amide bonds. The molecule has 3 heterocycles. The van der Waals surface area contributed by atoms with Gasteiger partial charge in [-0.25, -0.2) is 4.79 Å². The summed E-state index contributed by atoms with van der Waals surface area (Å²) in [4.78, 5) is 28.4. The number of nitrogens with one attached hydrogen (secondary N) is 2. The zero-order chi connectivity index (χ0) is 17.2. The molecule has 0 unspecified atom stereocenters. The Bertz CT molecular complexity index is 699. The van der Waals surface area contributed by atoms with Crippen LogP contribution in [0.25, 0.3) is 0 Å². The normalized spacial score (nSPS) is 21.1. The van der Waals surface area contributed by atoms with Crippen LogP contribution < -0.4 is 10.6 Å². The minimum Gasteiger partial charge on any atom is -0.326 e. The SMILES string of the molecule is O=C1CCc2ccc(NC(=O)N3CCC(N4CC=CC4)CC3)cc2N1. The van der Waals surface area contributed by atoms with Gasteiger partial charge in [0, 0.05) is 50.0 Å². The summed E-state index contributed by atoms with van der Waals surface area (Å²) in [5.74, 6) is 0.0365. The van der Waals surface area contributed by atoms with Crippen LogP contribution in [0.1, 0.15) is 24.8 Å². The van der Waals surface area contributed by atoms with E-state index in [1.54, 1.807) is 0 Å². The Morgan fingerprint density at radius 1 is 1.12 bits per heavy atom. The van der Waals surface area contributed by atoms with E-state index in [1.165, 1.54) is 0 Å². The summed E-state index contributed by atoms with van der Waals surface area (Å²) < 4.78 is 0. The predicted molar refractivity (Wildman–Crippen MR) is 97.7 cm³/mol. The fourth-order valence-corrected chi connectivity index (χ4v) is 3.88. The molecule has 4 rings (SSSR count). The van der Waals surface area contributed by atoms with Crippen LogP contribution >= 0.6 is 0 Å². The number of hydrogen-bond donors (Lipinski definition) is 2. The highest BCUT2D eigenvalue weighted by Gasteiger charge is 2.27. The van der Waals surface area contributed by atoms with E-state index in [0.29, 0.717) is 12.5 Å². The molecule has 0 radical (unpaired) electrons. The molecular formula is C19H24N4O2. The minimum absolute atomic E-state index is 0.0365. The Hall–Kier alpha value is -2.34. The molecule has 132 valence electrons. The molecule has 6 heteroatoms. The first-order valence-corrected chi connectivity index (χ1v) is 9.07. The van der Waals surface area contributed by atoms with Gasteiger partial charge in [-0.05, 0) is 37.0 Å². The third kappa shape index (κ3) is 3.54. The first-order chi connectivity index (χ1) is 12.2. The van der Waals surface area contributed by atoms with Crippen molar-refractivity contribution in [3.63, 3.8) is 0 Å². The molecule has 2 N–H and O–H groups in total. The molecule has 0 spiro atoms. The zero-order valence-electron chi connectivity index (χ0n) is 14.3. The molecular weight excluding hydrogens is 316 g/mol. The second-order valence-corrected chi connectivity index (χ2v) is 6.99. The van der Waals surface area contributed by atoms with E-state index in [4.69, 9.17) is 0 Å². The van der Waals surface area contributed by atoms with Crippen LogP contribution in [0.3, 0.4) is 0 Å². The number of carbonyl (C=O) groups is 2. The van der Waals surface area contributed by atoms with Crippen molar-refractivity contribution in [2.45, 2.75) is 31.7 Å². The van der Waals surface area contributed by atoms with Crippen LogP contribution in [0.5, 0.6) is 0 Å². The van der Waals surface area contributed by atoms with Crippen LogP contribution in [-0.2, 0) is 11.2 Å². The van der Waals surface area contributed by atoms with E-state index in [-0.39, 0.29) is 11.9 Å². The standard InChI is InChI=1S/C19H24N4O2/c24-18-6-4-14-3-5-15(13-17(14)21-18)20-19(25)23-11-7-16(8-12-23)22-9-1-2-10-22/h1-3,5,13,16H,4,6-12H2,(H,20,25)(H,21,24). The summed E-state index contributed by atoms with van der Waals surface area (Å²) in [7, 11) is 0. The molecule has 1 aromatic rings. The van der Waals surface area contributed by atoms with Crippen LogP contribution in [0, 0.1) is 0 Å². The number of anilines is 2. The Morgan fingerprint density at radius 3 is 2.64 bits per heavy atom. The molecule has 0 saturated carbocycles. The number of aryl methyl sites for hydroxylation is 1. The van der Waals surface area contributed by atoms with Gasteiger partial charge in [-0.1, -0.05) is 18.2 Å². The molecule has 3 aliphatic rings. The summed E-state index contributed by atoms with van der Waals surface area (Å²) in [5.41, 5.74) is 2.67. The van der Waals surface area contributed by atoms with Gasteiger partial charge in [0.1, 0.15) is 0 Å². The Labute approximate surface area is 147 Å². The van der Waals surface area contributed by atoms with E-state index in [9.17, 15) is 9.59 Å². The maximum Gasteiger partial charge on any atom is 0.321 e. The molecule has 25 heavy (non-hydrogen) atoms. The molecule has 0 bridgehead atoms. The molecule has 1 fully saturated rings. The number of piperidine rings is 1. The van der Waals surface area contributed by atoms with E-state index >= 15 is 0 Å². The molecule has 1 saturated heterocycles. The number of fused-ring (bicyclic) bond motifs is 1. The van der Waals surface area contributed by atoms with Crippen molar-refractivity contribution in [3.05, 3.63) is 35.9 Å². The molecule has 0 aromatic heterocycles. The lowest BCUT2D eigenvalue weighted by atomic mass is 10.0. The van der Waals surface area contributed by atoms with Crippen LogP contribution in [0.2, 0.25) is 0 Å². The van der Waals surface area contributed by atoms with Crippen molar-refractivity contribution in [2.75, 3.05) is 36.8 Å². The van der Waals surface area contributed by atoms with Crippen LogP contribution in [0.15, 0.2) is 30.4 Å². The Morgan fingerprint density at radius 2 is 1.88 bits per heavy atom. The van der Waals surface area contributed by atoms with Gasteiger partial charge in [0.25, 0.3) is 0 Å². The van der Waals surface area contributed by atoms with E-state index in [1.807, 2.05) is 23.1 Å². The van der Waals surface area contributed by atoms with Crippen LogP contribution in [-0.4, -0.2) is 54.0 Å². The number of amides is 3. The van der Waals surface area contributed by atoms with E-state index < -0.39 is 0 Å². The third-order valence-corrected chi connectivity index (χ3v) is 5.37. The highest BCUT2D eigenvalue weighted by Crippen LogP contribution is 2.26. The van der Waals surface area contributed by atoms with Gasteiger partial charge < -0.3 is 15.5 Å². The lowest BCUT2D eigenvalue weighted by Gasteiger charge is -2.36. The number of rotatable bonds is 2. The molecule has 0 aliphatic carbocycles. The first kappa shape index (κ1) is 16.1. The Balaban J connectivity index is 1.33. The molecule has 0 atom stereocenters. The van der Waals surface area contributed by atoms with Crippen molar-refractivity contribution >= 4 is 23.3 Å². The predicted octanol–water partition coefficient (Wildman–Crippen LogP) is 2.44. The summed E-state index contributed by atoms with van der Waals surface area (Å²) in [6.07, 6.45) is 7.76. The summed E-state index contributed by atoms with van der Waals surface area (Å²) in [6, 6.07) is 6.28. The second kappa shape index (κ2) is 6.88. The van der Waals surface area contributed by atoms with Crippen molar-refractivity contribution in [1.29, 1.82) is 0 Å². The summed E-state index contributed by atoms with van der Waals surface area (Å²) in [5, 5.41) is 5.85. The smallest absolute Gasteiger partial charge is 0.321 e. The van der Waals surface area contributed by atoms with Crippen molar-refractivity contribution in [1.82, 2.24) is 9.80 Å². The average Bonchev–Trinajstić information content (AvgIpc) is 3.16. The average molecular weight is 340 g/mol. The minimum atomic E-state index is -0.0555. The van der Waals surface area contributed by atoms with Gasteiger partial charge in [0.2, 0.25) is 5.91 Å². The monoisotopic (exact) mass is 340 g/mol. The summed E-state index contributed by atoms with van der Waals surface area (Å²) >= 11 is 0. The van der Waals surface area contributed by atoms with Gasteiger partial charge >= 0.3 is 6.03 Å².